The summed E-state index contributed by atoms with van der Waals surface area (Å²) in [7, 11) is 0. The molecule has 1 rings (SSSR count). The number of ether oxygens (including phenoxy) is 1. The van der Waals surface area contributed by atoms with Gasteiger partial charge in [0.2, 0.25) is 0 Å². The Morgan fingerprint density at radius 3 is 2.30 bits per heavy atom. The fourth-order valence-electron chi connectivity index (χ4n) is 1.72. The molecule has 4 nitrogen and oxygen atoms in total. The zero-order chi connectivity index (χ0) is 18.2. The number of rotatable bonds is 5. The van der Waals surface area contributed by atoms with Gasteiger partial charge >= 0.3 is 0 Å². The quantitative estimate of drug-likeness (QED) is 0.469. The van der Waals surface area contributed by atoms with Crippen LogP contribution in [0.2, 0.25) is 5.02 Å². The van der Waals surface area contributed by atoms with E-state index in [1.807, 2.05) is 34.6 Å². The van der Waals surface area contributed by atoms with Gasteiger partial charge in [-0.15, -0.1) is 0 Å². The minimum atomic E-state index is -0.524. The first kappa shape index (κ1) is 21.2. The Balaban J connectivity index is 0.00000232. The predicted octanol–water partition coefficient (Wildman–Crippen LogP) is 4.93. The minimum absolute atomic E-state index is 0.0448. The van der Waals surface area contributed by atoms with E-state index in [1.165, 1.54) is 31.2 Å². The van der Waals surface area contributed by atoms with Gasteiger partial charge in [-0.25, -0.2) is 0 Å². The molecule has 0 aliphatic heterocycles. The Labute approximate surface area is 143 Å². The Morgan fingerprint density at radius 2 is 1.83 bits per heavy atom. The van der Waals surface area contributed by atoms with Crippen LogP contribution in [0.1, 0.15) is 58.3 Å². The smallest absolute Gasteiger partial charge is 0.172 e. The third-order valence-electron chi connectivity index (χ3n) is 2.39. The van der Waals surface area contributed by atoms with Crippen LogP contribution in [0.3, 0.4) is 0 Å². The number of Topliss-reactive ketones (excluding diaryl/α,β-unsaturated/α-hetero) is 1. The zero-order valence-corrected chi connectivity index (χ0v) is 15.3. The highest BCUT2D eigenvalue weighted by Crippen LogP contribution is 2.25. The topological polar surface area (TPSA) is 63.6 Å². The van der Waals surface area contributed by atoms with Crippen LogP contribution in [0.5, 0.6) is 5.75 Å². The third-order valence-corrected chi connectivity index (χ3v) is 2.72. The van der Waals surface area contributed by atoms with Crippen molar-refractivity contribution in [2.24, 2.45) is 0 Å². The van der Waals surface area contributed by atoms with Crippen molar-refractivity contribution in [3.05, 3.63) is 40.6 Å². The fourth-order valence-corrected chi connectivity index (χ4v) is 1.94. The van der Waals surface area contributed by atoms with Gasteiger partial charge in [-0.1, -0.05) is 25.4 Å². The highest BCUT2D eigenvalue weighted by Gasteiger charge is 2.19. The first-order valence-corrected chi connectivity index (χ1v) is 7.88. The van der Waals surface area contributed by atoms with Crippen LogP contribution in [-0.4, -0.2) is 22.3 Å². The summed E-state index contributed by atoms with van der Waals surface area (Å²) in [6.07, 6.45) is 1.19. The van der Waals surface area contributed by atoms with Crippen molar-refractivity contribution in [3.8, 4) is 5.75 Å². The van der Waals surface area contributed by atoms with E-state index in [2.05, 4.69) is 0 Å². The molecule has 0 radical (unpaired) electrons. The first-order valence-electron chi connectivity index (χ1n) is 7.50. The maximum absolute atomic E-state index is 12.3. The summed E-state index contributed by atoms with van der Waals surface area (Å²) in [5.74, 6) is -0.298. The molecule has 0 heterocycles. The second-order valence-electron chi connectivity index (χ2n) is 5.70. The molecule has 0 aliphatic carbocycles. The number of phenolic OH excluding ortho intramolecular Hbond substituents is 1. The van der Waals surface area contributed by atoms with Crippen LogP contribution in [0.15, 0.2) is 30.0 Å². The van der Waals surface area contributed by atoms with Gasteiger partial charge in [0.1, 0.15) is 17.1 Å². The molecule has 0 bridgehead atoms. The normalized spacial score (nSPS) is 11.3. The summed E-state index contributed by atoms with van der Waals surface area (Å²) in [6, 6.07) is 4.15. The average molecular weight is 341 g/mol. The molecule has 0 amide bonds. The molecule has 0 fully saturated rings. The van der Waals surface area contributed by atoms with Crippen molar-refractivity contribution >= 4 is 23.2 Å². The molecule has 0 unspecified atom stereocenters. The number of benzene rings is 1. The van der Waals surface area contributed by atoms with Crippen LogP contribution in [0.25, 0.3) is 0 Å². The van der Waals surface area contributed by atoms with Crippen LogP contribution < -0.4 is 0 Å². The molecule has 0 saturated heterocycles. The van der Waals surface area contributed by atoms with Gasteiger partial charge in [-0.3, -0.25) is 9.59 Å². The maximum Gasteiger partial charge on any atom is 0.172 e. The summed E-state index contributed by atoms with van der Waals surface area (Å²) in [5.41, 5.74) is -0.326. The van der Waals surface area contributed by atoms with Crippen LogP contribution in [-0.2, 0) is 9.53 Å². The molecule has 23 heavy (non-hydrogen) atoms. The molecule has 0 aliphatic rings. The standard InChI is InChI=1S/C16H19ClO4.C2H6/c1-10(18)7-12(21-16(2,3)4)9-15(20)13-8-11(19)5-6-14(13)17;1-2/h5-8,19H,9H2,1-4H3;1-2H3/b12-7-;. The van der Waals surface area contributed by atoms with Crippen molar-refractivity contribution in [3.63, 3.8) is 0 Å². The van der Waals surface area contributed by atoms with E-state index in [4.69, 9.17) is 16.3 Å². The SMILES string of the molecule is CC.CC(=O)/C=C(/CC(=O)c1cc(O)ccc1Cl)OC(C)(C)C. The molecule has 0 atom stereocenters. The monoisotopic (exact) mass is 340 g/mol. The number of aromatic hydroxyl groups is 1. The van der Waals surface area contributed by atoms with Gasteiger partial charge in [0, 0.05) is 11.6 Å². The van der Waals surface area contributed by atoms with E-state index in [9.17, 15) is 14.7 Å². The number of halogens is 1. The van der Waals surface area contributed by atoms with Crippen molar-refractivity contribution in [1.29, 1.82) is 0 Å². The van der Waals surface area contributed by atoms with Gasteiger partial charge < -0.3 is 9.84 Å². The molecule has 1 N–H and O–H groups in total. The Kier molecular flexibility index (Phi) is 8.62. The molecule has 1 aromatic rings. The maximum atomic E-state index is 12.3. The van der Waals surface area contributed by atoms with E-state index in [0.29, 0.717) is 0 Å². The number of carbonyl (C=O) groups excluding carboxylic acids is 2. The third kappa shape index (κ3) is 8.41. The molecule has 0 spiro atoms. The number of phenols is 1. The van der Waals surface area contributed by atoms with E-state index in [-0.39, 0.29) is 40.1 Å². The van der Waals surface area contributed by atoms with Gasteiger partial charge in [-0.05, 0) is 45.9 Å². The van der Waals surface area contributed by atoms with Crippen molar-refractivity contribution in [2.75, 3.05) is 0 Å². The lowest BCUT2D eigenvalue weighted by molar-refractivity contribution is -0.112. The van der Waals surface area contributed by atoms with Crippen molar-refractivity contribution in [1.82, 2.24) is 0 Å². The lowest BCUT2D eigenvalue weighted by Gasteiger charge is -2.23. The first-order chi connectivity index (χ1) is 10.6. The number of ketones is 2. The molecule has 5 heteroatoms. The largest absolute Gasteiger partial charge is 0.508 e. The van der Waals surface area contributed by atoms with E-state index < -0.39 is 5.60 Å². The van der Waals surface area contributed by atoms with Gasteiger partial charge in [0.05, 0.1) is 11.4 Å². The van der Waals surface area contributed by atoms with Gasteiger partial charge in [0.15, 0.2) is 11.6 Å². The highest BCUT2D eigenvalue weighted by molar-refractivity contribution is 6.34. The van der Waals surface area contributed by atoms with Crippen molar-refractivity contribution in [2.45, 2.75) is 53.6 Å². The van der Waals surface area contributed by atoms with Crippen LogP contribution in [0, 0.1) is 0 Å². The Morgan fingerprint density at radius 1 is 1.26 bits per heavy atom. The van der Waals surface area contributed by atoms with Crippen LogP contribution in [0.4, 0.5) is 0 Å². The summed E-state index contributed by atoms with van der Waals surface area (Å²) in [6.45, 7) is 10.9. The second-order valence-corrected chi connectivity index (χ2v) is 6.11. The number of hydrogen-bond donors (Lipinski definition) is 1. The summed E-state index contributed by atoms with van der Waals surface area (Å²) in [4.78, 5) is 23.5. The molecule has 128 valence electrons. The molecule has 0 aromatic heterocycles. The predicted molar refractivity (Wildman–Crippen MR) is 93.0 cm³/mol. The Hall–Kier alpha value is -1.81. The molecular weight excluding hydrogens is 316 g/mol. The van der Waals surface area contributed by atoms with Crippen molar-refractivity contribution < 1.29 is 19.4 Å². The summed E-state index contributed by atoms with van der Waals surface area (Å²) >= 11 is 5.95. The Bertz CT molecular complexity index is 583. The van der Waals surface area contributed by atoms with E-state index in [1.54, 1.807) is 0 Å². The minimum Gasteiger partial charge on any atom is -0.508 e. The zero-order valence-electron chi connectivity index (χ0n) is 14.6. The number of allylic oxidation sites excluding steroid dienone is 2. The summed E-state index contributed by atoms with van der Waals surface area (Å²) in [5, 5.41) is 9.69. The highest BCUT2D eigenvalue weighted by atomic mass is 35.5. The molecule has 1 aromatic carbocycles. The number of carbonyl (C=O) groups is 2. The second kappa shape index (κ2) is 9.36. The van der Waals surface area contributed by atoms with Crippen LogP contribution >= 0.6 is 11.6 Å². The number of hydrogen-bond acceptors (Lipinski definition) is 4. The average Bonchev–Trinajstić information content (AvgIpc) is 2.41. The van der Waals surface area contributed by atoms with E-state index in [0.717, 1.165) is 0 Å². The van der Waals surface area contributed by atoms with Gasteiger partial charge in [0.25, 0.3) is 0 Å². The fraction of sp³-hybridized carbons (Fsp3) is 0.444. The molecule has 0 saturated carbocycles. The lowest BCUT2D eigenvalue weighted by Crippen LogP contribution is -2.20. The van der Waals surface area contributed by atoms with E-state index >= 15 is 0 Å². The lowest BCUT2D eigenvalue weighted by atomic mass is 10.1. The molecular formula is C18H25ClO4. The van der Waals surface area contributed by atoms with Gasteiger partial charge in [-0.2, -0.15) is 0 Å². The summed E-state index contributed by atoms with van der Waals surface area (Å²) < 4.78 is 5.62.